The van der Waals surface area contributed by atoms with Gasteiger partial charge >= 0.3 is 6.03 Å². The number of amides is 2. The summed E-state index contributed by atoms with van der Waals surface area (Å²) in [7, 11) is 0. The Morgan fingerprint density at radius 2 is 2.12 bits per heavy atom. The molecule has 0 aromatic heterocycles. The number of hydrogen-bond acceptors (Lipinski definition) is 1. The monoisotopic (exact) mass is 232 g/mol. The fourth-order valence-corrected chi connectivity index (χ4v) is 2.02. The van der Waals surface area contributed by atoms with E-state index in [1.165, 1.54) is 5.56 Å². The minimum absolute atomic E-state index is 0.0260. The first kappa shape index (κ1) is 12.0. The molecule has 1 aromatic rings. The Morgan fingerprint density at radius 1 is 1.35 bits per heavy atom. The molecule has 3 nitrogen and oxygen atoms in total. The molecule has 92 valence electrons. The normalized spacial score (nSPS) is 21.9. The van der Waals surface area contributed by atoms with Crippen molar-refractivity contribution in [1.29, 1.82) is 0 Å². The largest absolute Gasteiger partial charge is 0.338 e. The summed E-state index contributed by atoms with van der Waals surface area (Å²) in [6.07, 6.45) is 3.21. The molecule has 1 saturated carbocycles. The summed E-state index contributed by atoms with van der Waals surface area (Å²) >= 11 is 0. The fourth-order valence-electron chi connectivity index (χ4n) is 2.02. The van der Waals surface area contributed by atoms with Crippen molar-refractivity contribution in [3.05, 3.63) is 35.9 Å². The second-order valence-corrected chi connectivity index (χ2v) is 4.61. The van der Waals surface area contributed by atoms with Crippen molar-refractivity contribution in [2.75, 3.05) is 6.54 Å². The van der Waals surface area contributed by atoms with Crippen LogP contribution in [0.2, 0.25) is 0 Å². The second kappa shape index (κ2) is 5.71. The lowest BCUT2D eigenvalue weighted by Gasteiger charge is -2.06. The lowest BCUT2D eigenvalue weighted by molar-refractivity contribution is 0.240. The zero-order valence-electron chi connectivity index (χ0n) is 10.3. The number of hydrogen-bond donors (Lipinski definition) is 2. The van der Waals surface area contributed by atoms with Crippen LogP contribution in [0.4, 0.5) is 4.79 Å². The number of urea groups is 1. The molecule has 17 heavy (non-hydrogen) atoms. The minimum atomic E-state index is -0.0260. The molecule has 0 saturated heterocycles. The van der Waals surface area contributed by atoms with Gasteiger partial charge in [0.05, 0.1) is 0 Å². The third-order valence-electron chi connectivity index (χ3n) is 3.15. The summed E-state index contributed by atoms with van der Waals surface area (Å²) in [5.74, 6) is 0.508. The van der Waals surface area contributed by atoms with Crippen LogP contribution in [0.15, 0.2) is 30.3 Å². The van der Waals surface area contributed by atoms with Gasteiger partial charge in [0.25, 0.3) is 0 Å². The number of benzene rings is 1. The molecule has 2 N–H and O–H groups in total. The Labute approximate surface area is 103 Å². The zero-order valence-corrected chi connectivity index (χ0v) is 10.3. The van der Waals surface area contributed by atoms with Gasteiger partial charge in [0.2, 0.25) is 0 Å². The second-order valence-electron chi connectivity index (χ2n) is 4.61. The van der Waals surface area contributed by atoms with Crippen LogP contribution in [0.3, 0.4) is 0 Å². The first-order chi connectivity index (χ1) is 8.31. The SMILES string of the molecule is CCCCNC(=O)NC1CC1c1ccccc1. The van der Waals surface area contributed by atoms with E-state index in [2.05, 4.69) is 29.7 Å². The quantitative estimate of drug-likeness (QED) is 0.753. The highest BCUT2D eigenvalue weighted by molar-refractivity contribution is 5.74. The molecule has 0 spiro atoms. The van der Waals surface area contributed by atoms with Crippen molar-refractivity contribution >= 4 is 6.03 Å². The van der Waals surface area contributed by atoms with E-state index >= 15 is 0 Å². The van der Waals surface area contributed by atoms with Crippen molar-refractivity contribution < 1.29 is 4.79 Å². The van der Waals surface area contributed by atoms with Gasteiger partial charge in [-0.3, -0.25) is 0 Å². The van der Waals surface area contributed by atoms with Gasteiger partial charge in [0.1, 0.15) is 0 Å². The minimum Gasteiger partial charge on any atom is -0.338 e. The van der Waals surface area contributed by atoms with Gasteiger partial charge in [0.15, 0.2) is 0 Å². The van der Waals surface area contributed by atoms with Gasteiger partial charge < -0.3 is 10.6 Å². The molecule has 2 rings (SSSR count). The van der Waals surface area contributed by atoms with E-state index in [-0.39, 0.29) is 6.03 Å². The zero-order chi connectivity index (χ0) is 12.1. The summed E-state index contributed by atoms with van der Waals surface area (Å²) in [5, 5.41) is 5.89. The highest BCUT2D eigenvalue weighted by Gasteiger charge is 2.39. The van der Waals surface area contributed by atoms with Crippen LogP contribution in [-0.4, -0.2) is 18.6 Å². The molecule has 2 unspecified atom stereocenters. The maximum atomic E-state index is 11.5. The molecule has 2 atom stereocenters. The number of carbonyl (C=O) groups is 1. The molecule has 1 aliphatic carbocycles. The molecule has 0 heterocycles. The average molecular weight is 232 g/mol. The maximum Gasteiger partial charge on any atom is 0.315 e. The predicted octanol–water partition coefficient (Wildman–Crippen LogP) is 2.64. The molecule has 0 radical (unpaired) electrons. The first-order valence-electron chi connectivity index (χ1n) is 6.40. The van der Waals surface area contributed by atoms with E-state index in [9.17, 15) is 4.79 Å². The fraction of sp³-hybridized carbons (Fsp3) is 0.500. The third-order valence-corrected chi connectivity index (χ3v) is 3.15. The van der Waals surface area contributed by atoms with Crippen LogP contribution in [0, 0.1) is 0 Å². The summed E-state index contributed by atoms with van der Waals surface area (Å²) in [6.45, 7) is 2.89. The number of nitrogens with one attached hydrogen (secondary N) is 2. The highest BCUT2D eigenvalue weighted by atomic mass is 16.2. The van der Waals surface area contributed by atoms with E-state index in [0.29, 0.717) is 12.0 Å². The molecule has 3 heteroatoms. The van der Waals surface area contributed by atoms with E-state index < -0.39 is 0 Å². The summed E-state index contributed by atoms with van der Waals surface area (Å²) in [5.41, 5.74) is 1.33. The molecule has 0 aliphatic heterocycles. The van der Waals surface area contributed by atoms with Crippen molar-refractivity contribution in [1.82, 2.24) is 10.6 Å². The Morgan fingerprint density at radius 3 is 2.82 bits per heavy atom. The van der Waals surface area contributed by atoms with Crippen molar-refractivity contribution in [2.45, 2.75) is 38.1 Å². The van der Waals surface area contributed by atoms with Crippen molar-refractivity contribution in [3.8, 4) is 0 Å². The van der Waals surface area contributed by atoms with Gasteiger partial charge in [0, 0.05) is 18.5 Å². The Kier molecular flexibility index (Phi) is 4.02. The highest BCUT2D eigenvalue weighted by Crippen LogP contribution is 2.40. The molecule has 2 amide bonds. The van der Waals surface area contributed by atoms with Gasteiger partial charge in [-0.2, -0.15) is 0 Å². The van der Waals surface area contributed by atoms with Crippen molar-refractivity contribution in [3.63, 3.8) is 0 Å². The van der Waals surface area contributed by atoms with Gasteiger partial charge in [-0.25, -0.2) is 4.79 Å². The summed E-state index contributed by atoms with van der Waals surface area (Å²) in [6, 6.07) is 10.7. The Balaban J connectivity index is 1.71. The van der Waals surface area contributed by atoms with Gasteiger partial charge in [-0.1, -0.05) is 43.7 Å². The Hall–Kier alpha value is -1.51. The number of unbranched alkanes of at least 4 members (excludes halogenated alkanes) is 1. The number of rotatable bonds is 5. The van der Waals surface area contributed by atoms with E-state index in [1.807, 2.05) is 18.2 Å². The van der Waals surface area contributed by atoms with Crippen LogP contribution in [-0.2, 0) is 0 Å². The molecule has 1 fully saturated rings. The van der Waals surface area contributed by atoms with Crippen molar-refractivity contribution in [2.24, 2.45) is 0 Å². The molecule has 0 bridgehead atoms. The lowest BCUT2D eigenvalue weighted by Crippen LogP contribution is -2.37. The van der Waals surface area contributed by atoms with E-state index in [0.717, 1.165) is 25.8 Å². The Bertz CT molecular complexity index is 364. The molecule has 1 aromatic carbocycles. The summed E-state index contributed by atoms with van der Waals surface area (Å²) in [4.78, 5) is 11.5. The third kappa shape index (κ3) is 3.48. The molecular weight excluding hydrogens is 212 g/mol. The standard InChI is InChI=1S/C14H20N2O/c1-2-3-9-15-14(17)16-13-10-12(13)11-7-5-4-6-8-11/h4-8,12-13H,2-3,9-10H2,1H3,(H2,15,16,17). The summed E-state index contributed by atoms with van der Waals surface area (Å²) < 4.78 is 0. The number of carbonyl (C=O) groups excluding carboxylic acids is 1. The first-order valence-corrected chi connectivity index (χ1v) is 6.40. The predicted molar refractivity (Wildman–Crippen MR) is 69.0 cm³/mol. The smallest absolute Gasteiger partial charge is 0.315 e. The van der Waals surface area contributed by atoms with Crippen LogP contribution in [0.25, 0.3) is 0 Å². The van der Waals surface area contributed by atoms with Crippen LogP contribution >= 0.6 is 0 Å². The molecule has 1 aliphatic rings. The van der Waals surface area contributed by atoms with Gasteiger partial charge in [-0.15, -0.1) is 0 Å². The van der Waals surface area contributed by atoms with Crippen LogP contribution in [0.5, 0.6) is 0 Å². The van der Waals surface area contributed by atoms with E-state index in [1.54, 1.807) is 0 Å². The lowest BCUT2D eigenvalue weighted by atomic mass is 10.1. The molecular formula is C14H20N2O. The maximum absolute atomic E-state index is 11.5. The van der Waals surface area contributed by atoms with Crippen LogP contribution in [0.1, 0.15) is 37.7 Å². The van der Waals surface area contributed by atoms with E-state index in [4.69, 9.17) is 0 Å². The van der Waals surface area contributed by atoms with Crippen LogP contribution < -0.4 is 10.6 Å². The topological polar surface area (TPSA) is 41.1 Å². The average Bonchev–Trinajstić information content (AvgIpc) is 3.10. The van der Waals surface area contributed by atoms with Gasteiger partial charge in [-0.05, 0) is 18.4 Å².